The van der Waals surface area contributed by atoms with E-state index in [0.717, 1.165) is 16.9 Å². The zero-order valence-corrected chi connectivity index (χ0v) is 14.3. The highest BCUT2D eigenvalue weighted by Crippen LogP contribution is 2.27. The number of carbonyl (C=O) groups excluding carboxylic acids is 1. The zero-order chi connectivity index (χ0) is 17.0. The lowest BCUT2D eigenvalue weighted by molar-refractivity contribution is -0.118. The predicted molar refractivity (Wildman–Crippen MR) is 95.3 cm³/mol. The van der Waals surface area contributed by atoms with Gasteiger partial charge in [-0.15, -0.1) is 0 Å². The van der Waals surface area contributed by atoms with E-state index < -0.39 is 0 Å². The van der Waals surface area contributed by atoms with Crippen LogP contribution >= 0.6 is 11.6 Å². The largest absolute Gasteiger partial charge is 0.483 e. The van der Waals surface area contributed by atoms with Gasteiger partial charge >= 0.3 is 0 Å². The molecule has 0 aromatic heterocycles. The highest BCUT2D eigenvalue weighted by atomic mass is 35.5. The van der Waals surface area contributed by atoms with Crippen LogP contribution in [0, 0.1) is 6.92 Å². The molecule has 0 atom stereocenters. The molecule has 2 aromatic carbocycles. The Morgan fingerprint density at radius 1 is 1.26 bits per heavy atom. The number of benzene rings is 2. The Bertz CT molecular complexity index is 714. The predicted octanol–water partition coefficient (Wildman–Crippen LogP) is 4.37. The maximum absolute atomic E-state index is 12.0. The number of ether oxygens (including phenoxy) is 1. The highest BCUT2D eigenvalue weighted by Gasteiger charge is 2.11. The summed E-state index contributed by atoms with van der Waals surface area (Å²) in [6.07, 6.45) is 0. The summed E-state index contributed by atoms with van der Waals surface area (Å²) in [5, 5.41) is 3.20. The standard InChI is InChI=1S/C18H21ClN2O2/c1-11(2)14-6-4-12(3)8-17(14)23-10-18(22)21-13-5-7-15(19)16(20)9-13/h4-9,11H,10,20H2,1-3H3,(H,21,22). The Hall–Kier alpha value is -2.20. The van der Waals surface area contributed by atoms with Crippen LogP contribution in [-0.2, 0) is 4.79 Å². The van der Waals surface area contributed by atoms with Gasteiger partial charge in [-0.1, -0.05) is 37.6 Å². The molecule has 0 spiro atoms. The molecule has 0 aliphatic heterocycles. The summed E-state index contributed by atoms with van der Waals surface area (Å²) in [6.45, 7) is 6.11. The van der Waals surface area contributed by atoms with Crippen LogP contribution in [0.15, 0.2) is 36.4 Å². The molecule has 122 valence electrons. The summed E-state index contributed by atoms with van der Waals surface area (Å²) in [4.78, 5) is 12.0. The van der Waals surface area contributed by atoms with E-state index in [9.17, 15) is 4.79 Å². The fourth-order valence-corrected chi connectivity index (χ4v) is 2.32. The van der Waals surface area contributed by atoms with E-state index in [0.29, 0.717) is 22.3 Å². The van der Waals surface area contributed by atoms with Gasteiger partial charge in [-0.3, -0.25) is 4.79 Å². The second kappa shape index (κ2) is 7.38. The smallest absolute Gasteiger partial charge is 0.262 e. The highest BCUT2D eigenvalue weighted by molar-refractivity contribution is 6.33. The van der Waals surface area contributed by atoms with Crippen molar-refractivity contribution in [3.05, 3.63) is 52.5 Å². The van der Waals surface area contributed by atoms with Crippen molar-refractivity contribution in [1.29, 1.82) is 0 Å². The van der Waals surface area contributed by atoms with Crippen molar-refractivity contribution in [1.82, 2.24) is 0 Å². The number of halogens is 1. The minimum atomic E-state index is -0.247. The number of nitrogens with two attached hydrogens (primary N) is 1. The Morgan fingerprint density at radius 3 is 2.65 bits per heavy atom. The quantitative estimate of drug-likeness (QED) is 0.799. The van der Waals surface area contributed by atoms with E-state index in [1.165, 1.54) is 0 Å². The van der Waals surface area contributed by atoms with Crippen molar-refractivity contribution in [2.24, 2.45) is 0 Å². The van der Waals surface area contributed by atoms with E-state index >= 15 is 0 Å². The Morgan fingerprint density at radius 2 is 2.00 bits per heavy atom. The Labute approximate surface area is 141 Å². The number of rotatable bonds is 5. The number of nitrogens with one attached hydrogen (secondary N) is 1. The molecule has 23 heavy (non-hydrogen) atoms. The molecule has 0 aliphatic carbocycles. The molecule has 0 radical (unpaired) electrons. The lowest BCUT2D eigenvalue weighted by atomic mass is 10.0. The van der Waals surface area contributed by atoms with Crippen LogP contribution in [0.2, 0.25) is 5.02 Å². The summed E-state index contributed by atoms with van der Waals surface area (Å²) < 4.78 is 5.70. The zero-order valence-electron chi connectivity index (χ0n) is 13.5. The van der Waals surface area contributed by atoms with Gasteiger partial charge in [-0.05, 0) is 48.2 Å². The van der Waals surface area contributed by atoms with Gasteiger partial charge in [0, 0.05) is 5.69 Å². The number of hydrogen-bond donors (Lipinski definition) is 2. The molecule has 2 rings (SSSR count). The number of carbonyl (C=O) groups is 1. The van der Waals surface area contributed by atoms with Crippen molar-refractivity contribution in [2.75, 3.05) is 17.7 Å². The van der Waals surface area contributed by atoms with Crippen LogP contribution in [0.3, 0.4) is 0 Å². The summed E-state index contributed by atoms with van der Waals surface area (Å²) in [6, 6.07) is 11.0. The van der Waals surface area contributed by atoms with Crippen LogP contribution in [-0.4, -0.2) is 12.5 Å². The van der Waals surface area contributed by atoms with Gasteiger partial charge in [0.2, 0.25) is 0 Å². The van der Waals surface area contributed by atoms with E-state index in [-0.39, 0.29) is 12.5 Å². The summed E-state index contributed by atoms with van der Waals surface area (Å²) in [7, 11) is 0. The topological polar surface area (TPSA) is 64.3 Å². The molecular weight excluding hydrogens is 312 g/mol. The Balaban J connectivity index is 2.01. The van der Waals surface area contributed by atoms with Gasteiger partial charge in [0.05, 0.1) is 10.7 Å². The normalized spacial score (nSPS) is 10.7. The van der Waals surface area contributed by atoms with Gasteiger partial charge in [0.1, 0.15) is 5.75 Å². The molecule has 0 bridgehead atoms. The second-order valence-electron chi connectivity index (χ2n) is 5.77. The lowest BCUT2D eigenvalue weighted by Gasteiger charge is -2.15. The number of hydrogen-bond acceptors (Lipinski definition) is 3. The summed E-state index contributed by atoms with van der Waals surface area (Å²) in [5.41, 5.74) is 8.91. The molecule has 0 heterocycles. The van der Waals surface area contributed by atoms with Crippen molar-refractivity contribution >= 4 is 28.9 Å². The SMILES string of the molecule is Cc1ccc(C(C)C)c(OCC(=O)Nc2ccc(Cl)c(N)c2)c1. The second-order valence-corrected chi connectivity index (χ2v) is 6.18. The number of aryl methyl sites for hydroxylation is 1. The summed E-state index contributed by atoms with van der Waals surface area (Å²) >= 11 is 5.86. The average Bonchev–Trinajstić information content (AvgIpc) is 2.48. The van der Waals surface area contributed by atoms with Crippen molar-refractivity contribution < 1.29 is 9.53 Å². The average molecular weight is 333 g/mol. The van der Waals surface area contributed by atoms with Gasteiger partial charge in [0.15, 0.2) is 6.61 Å². The number of amides is 1. The van der Waals surface area contributed by atoms with Crippen LogP contribution in [0.1, 0.15) is 30.9 Å². The first-order chi connectivity index (χ1) is 10.9. The molecule has 0 saturated carbocycles. The minimum Gasteiger partial charge on any atom is -0.483 e. The van der Waals surface area contributed by atoms with Crippen molar-refractivity contribution in [3.8, 4) is 5.75 Å². The Kier molecular flexibility index (Phi) is 5.50. The molecule has 0 unspecified atom stereocenters. The molecule has 4 nitrogen and oxygen atoms in total. The lowest BCUT2D eigenvalue weighted by Crippen LogP contribution is -2.20. The van der Waals surface area contributed by atoms with E-state index in [4.69, 9.17) is 22.1 Å². The molecule has 0 aliphatic rings. The molecule has 0 saturated heterocycles. The monoisotopic (exact) mass is 332 g/mol. The first kappa shape index (κ1) is 17.2. The van der Waals surface area contributed by atoms with E-state index in [2.05, 4.69) is 19.2 Å². The first-order valence-electron chi connectivity index (χ1n) is 7.45. The minimum absolute atomic E-state index is 0.0638. The first-order valence-corrected chi connectivity index (χ1v) is 7.83. The third-order valence-corrected chi connectivity index (χ3v) is 3.77. The van der Waals surface area contributed by atoms with Crippen LogP contribution in [0.25, 0.3) is 0 Å². The third-order valence-electron chi connectivity index (χ3n) is 3.43. The molecular formula is C18H21ClN2O2. The van der Waals surface area contributed by atoms with E-state index in [1.54, 1.807) is 18.2 Å². The molecule has 5 heteroatoms. The van der Waals surface area contributed by atoms with Crippen LogP contribution < -0.4 is 15.8 Å². The maximum Gasteiger partial charge on any atom is 0.262 e. The van der Waals surface area contributed by atoms with Crippen LogP contribution in [0.5, 0.6) is 5.75 Å². The molecule has 3 N–H and O–H groups in total. The molecule has 0 fully saturated rings. The van der Waals surface area contributed by atoms with E-state index in [1.807, 2.05) is 25.1 Å². The third kappa shape index (κ3) is 4.63. The summed E-state index contributed by atoms with van der Waals surface area (Å²) in [5.74, 6) is 0.818. The van der Waals surface area contributed by atoms with Crippen molar-refractivity contribution in [2.45, 2.75) is 26.7 Å². The molecule has 2 aromatic rings. The van der Waals surface area contributed by atoms with Crippen LogP contribution in [0.4, 0.5) is 11.4 Å². The number of nitrogen functional groups attached to an aromatic ring is 1. The van der Waals surface area contributed by atoms with Gasteiger partial charge in [0.25, 0.3) is 5.91 Å². The van der Waals surface area contributed by atoms with Gasteiger partial charge < -0.3 is 15.8 Å². The fraction of sp³-hybridized carbons (Fsp3) is 0.278. The molecule has 1 amide bonds. The number of anilines is 2. The van der Waals surface area contributed by atoms with Gasteiger partial charge in [-0.2, -0.15) is 0 Å². The van der Waals surface area contributed by atoms with Gasteiger partial charge in [-0.25, -0.2) is 0 Å². The maximum atomic E-state index is 12.0. The van der Waals surface area contributed by atoms with Crippen molar-refractivity contribution in [3.63, 3.8) is 0 Å². The fourth-order valence-electron chi connectivity index (χ4n) is 2.21.